The molecule has 21 heavy (non-hydrogen) atoms. The van der Waals surface area contributed by atoms with Crippen LogP contribution in [0.1, 0.15) is 12.5 Å². The van der Waals surface area contributed by atoms with Gasteiger partial charge in [-0.1, -0.05) is 36.8 Å². The summed E-state index contributed by atoms with van der Waals surface area (Å²) in [6.07, 6.45) is 0. The van der Waals surface area contributed by atoms with E-state index < -0.39 is 10.0 Å². The van der Waals surface area contributed by atoms with Gasteiger partial charge in [0.1, 0.15) is 0 Å². The average molecular weight is 319 g/mol. The van der Waals surface area contributed by atoms with Crippen LogP contribution in [0.4, 0.5) is 5.69 Å². The molecule has 0 saturated heterocycles. The zero-order chi connectivity index (χ0) is 15.0. The monoisotopic (exact) mass is 319 g/mol. The molecule has 110 valence electrons. The van der Waals surface area contributed by atoms with E-state index in [2.05, 4.69) is 6.92 Å². The normalized spacial score (nSPS) is 18.4. The number of rotatable bonds is 2. The van der Waals surface area contributed by atoms with Gasteiger partial charge in [0.25, 0.3) is 10.0 Å². The fraction of sp³-hybridized carbons (Fsp3) is 0.250. The van der Waals surface area contributed by atoms with Crippen LogP contribution in [0.3, 0.4) is 0 Å². The van der Waals surface area contributed by atoms with E-state index in [-0.39, 0.29) is 5.25 Å². The molecule has 3 nitrogen and oxygen atoms in total. The Morgan fingerprint density at radius 3 is 2.48 bits per heavy atom. The number of nitrogens with zero attached hydrogens (tertiary/aromatic N) is 1. The van der Waals surface area contributed by atoms with Gasteiger partial charge in [-0.25, -0.2) is 8.42 Å². The van der Waals surface area contributed by atoms with Crippen molar-refractivity contribution in [1.29, 1.82) is 0 Å². The summed E-state index contributed by atoms with van der Waals surface area (Å²) in [6.45, 7) is 4.50. The van der Waals surface area contributed by atoms with Gasteiger partial charge < -0.3 is 0 Å². The summed E-state index contributed by atoms with van der Waals surface area (Å²) in [5, 5.41) is 0.236. The zero-order valence-electron chi connectivity index (χ0n) is 12.0. The highest BCUT2D eigenvalue weighted by Gasteiger charge is 2.31. The van der Waals surface area contributed by atoms with Crippen molar-refractivity contribution in [2.75, 3.05) is 10.8 Å². The highest BCUT2D eigenvalue weighted by Crippen LogP contribution is 2.40. The van der Waals surface area contributed by atoms with Crippen molar-refractivity contribution in [2.24, 2.45) is 0 Å². The molecule has 0 aromatic heterocycles. The summed E-state index contributed by atoms with van der Waals surface area (Å²) >= 11 is 1.72. The van der Waals surface area contributed by atoms with Crippen molar-refractivity contribution in [3.8, 4) is 0 Å². The van der Waals surface area contributed by atoms with Crippen molar-refractivity contribution in [1.82, 2.24) is 0 Å². The molecule has 1 aliphatic rings. The standard InChI is InChI=1S/C16H17NO2S2/c1-12-7-9-14(10-8-12)21(18,19)17-11-13(2)20-16-6-4-3-5-15(16)17/h3-10,13H,11H2,1-2H3. The topological polar surface area (TPSA) is 37.4 Å². The number of para-hydroxylation sites is 1. The minimum atomic E-state index is -3.51. The number of fused-ring (bicyclic) bond motifs is 1. The van der Waals surface area contributed by atoms with Gasteiger partial charge >= 0.3 is 0 Å². The lowest BCUT2D eigenvalue weighted by Gasteiger charge is -2.33. The average Bonchev–Trinajstić information content (AvgIpc) is 2.46. The van der Waals surface area contributed by atoms with E-state index in [1.165, 1.54) is 4.31 Å². The van der Waals surface area contributed by atoms with Gasteiger partial charge in [0.2, 0.25) is 0 Å². The molecule has 0 radical (unpaired) electrons. The van der Waals surface area contributed by atoms with Crippen LogP contribution < -0.4 is 4.31 Å². The van der Waals surface area contributed by atoms with E-state index in [4.69, 9.17) is 0 Å². The lowest BCUT2D eigenvalue weighted by atomic mass is 10.2. The Hall–Kier alpha value is -1.46. The number of benzene rings is 2. The number of hydrogen-bond acceptors (Lipinski definition) is 3. The van der Waals surface area contributed by atoms with Crippen LogP contribution in [0.5, 0.6) is 0 Å². The van der Waals surface area contributed by atoms with Crippen molar-refractivity contribution in [3.63, 3.8) is 0 Å². The number of sulfonamides is 1. The lowest BCUT2D eigenvalue weighted by Crippen LogP contribution is -2.38. The second kappa shape index (κ2) is 5.39. The predicted molar refractivity (Wildman–Crippen MR) is 87.5 cm³/mol. The van der Waals surface area contributed by atoms with Gasteiger partial charge in [0.05, 0.1) is 10.6 Å². The number of aryl methyl sites for hydroxylation is 1. The third-order valence-corrected chi connectivity index (χ3v) is 6.44. The Bertz CT molecular complexity index is 754. The molecular weight excluding hydrogens is 302 g/mol. The lowest BCUT2D eigenvalue weighted by molar-refractivity contribution is 0.589. The van der Waals surface area contributed by atoms with Crippen molar-refractivity contribution in [2.45, 2.75) is 28.9 Å². The molecule has 0 bridgehead atoms. The maximum absolute atomic E-state index is 12.9. The third kappa shape index (κ3) is 2.68. The summed E-state index contributed by atoms with van der Waals surface area (Å²) in [4.78, 5) is 1.37. The second-order valence-electron chi connectivity index (χ2n) is 5.25. The van der Waals surface area contributed by atoms with E-state index >= 15 is 0 Å². The van der Waals surface area contributed by atoms with E-state index in [1.807, 2.05) is 43.3 Å². The van der Waals surface area contributed by atoms with Gasteiger partial charge in [-0.05, 0) is 31.2 Å². The van der Waals surface area contributed by atoms with Gasteiger partial charge in [0.15, 0.2) is 0 Å². The smallest absolute Gasteiger partial charge is 0.264 e. The summed E-state index contributed by atoms with van der Waals surface area (Å²) in [7, 11) is -3.51. The molecule has 1 heterocycles. The molecule has 0 saturated carbocycles. The van der Waals surface area contributed by atoms with Crippen LogP contribution in [0.2, 0.25) is 0 Å². The molecular formula is C16H17NO2S2. The first-order chi connectivity index (χ1) is 9.98. The maximum atomic E-state index is 12.9. The Morgan fingerprint density at radius 1 is 1.10 bits per heavy atom. The van der Waals surface area contributed by atoms with Crippen LogP contribution in [0, 0.1) is 6.92 Å². The van der Waals surface area contributed by atoms with Crippen LogP contribution >= 0.6 is 11.8 Å². The Kier molecular flexibility index (Phi) is 3.71. The van der Waals surface area contributed by atoms with Crippen LogP contribution in [-0.4, -0.2) is 20.2 Å². The van der Waals surface area contributed by atoms with E-state index in [9.17, 15) is 8.42 Å². The number of thioether (sulfide) groups is 1. The highest BCUT2D eigenvalue weighted by molar-refractivity contribution is 8.00. The number of hydrogen-bond donors (Lipinski definition) is 0. The summed E-state index contributed by atoms with van der Waals surface area (Å²) < 4.78 is 27.4. The van der Waals surface area contributed by atoms with Gasteiger partial charge in [-0.3, -0.25) is 4.31 Å². The van der Waals surface area contributed by atoms with Gasteiger partial charge in [0, 0.05) is 16.7 Å². The highest BCUT2D eigenvalue weighted by atomic mass is 32.2. The number of anilines is 1. The summed E-state index contributed by atoms with van der Waals surface area (Å²) in [5.41, 5.74) is 1.83. The minimum absolute atomic E-state index is 0.236. The Morgan fingerprint density at radius 2 is 1.76 bits per heavy atom. The molecule has 3 rings (SSSR count). The molecule has 0 fully saturated rings. The van der Waals surface area contributed by atoms with Gasteiger partial charge in [-0.15, -0.1) is 11.8 Å². The fourth-order valence-electron chi connectivity index (χ4n) is 2.41. The predicted octanol–water partition coefficient (Wildman–Crippen LogP) is 3.68. The quantitative estimate of drug-likeness (QED) is 0.847. The first-order valence-electron chi connectivity index (χ1n) is 6.83. The van der Waals surface area contributed by atoms with E-state index in [0.717, 1.165) is 16.1 Å². The van der Waals surface area contributed by atoms with E-state index in [1.54, 1.807) is 23.9 Å². The van der Waals surface area contributed by atoms with Crippen molar-refractivity contribution < 1.29 is 8.42 Å². The molecule has 1 aliphatic heterocycles. The molecule has 0 N–H and O–H groups in total. The van der Waals surface area contributed by atoms with Crippen LogP contribution in [0.25, 0.3) is 0 Å². The second-order valence-corrected chi connectivity index (χ2v) is 8.59. The SMILES string of the molecule is Cc1ccc(S(=O)(=O)N2CC(C)Sc3ccccc32)cc1. The molecule has 0 amide bonds. The first-order valence-corrected chi connectivity index (χ1v) is 9.15. The Labute approximate surface area is 130 Å². The fourth-order valence-corrected chi connectivity index (χ4v) is 5.25. The molecule has 0 spiro atoms. The molecule has 5 heteroatoms. The Balaban J connectivity index is 2.09. The maximum Gasteiger partial charge on any atom is 0.264 e. The largest absolute Gasteiger partial charge is 0.264 e. The van der Waals surface area contributed by atoms with E-state index in [0.29, 0.717) is 11.4 Å². The molecule has 2 aromatic carbocycles. The molecule has 1 unspecified atom stereocenters. The van der Waals surface area contributed by atoms with Crippen LogP contribution in [0.15, 0.2) is 58.3 Å². The summed E-state index contributed by atoms with van der Waals surface area (Å²) in [5.74, 6) is 0. The molecule has 1 atom stereocenters. The third-order valence-electron chi connectivity index (χ3n) is 3.49. The summed E-state index contributed by atoms with van der Waals surface area (Å²) in [6, 6.07) is 14.7. The van der Waals surface area contributed by atoms with Crippen molar-refractivity contribution in [3.05, 3.63) is 54.1 Å². The van der Waals surface area contributed by atoms with Gasteiger partial charge in [-0.2, -0.15) is 0 Å². The molecule has 0 aliphatic carbocycles. The minimum Gasteiger partial charge on any atom is -0.264 e. The first kappa shape index (κ1) is 14.5. The van der Waals surface area contributed by atoms with Crippen molar-refractivity contribution >= 4 is 27.5 Å². The zero-order valence-corrected chi connectivity index (χ0v) is 13.6. The van der Waals surface area contributed by atoms with Crippen LogP contribution in [-0.2, 0) is 10.0 Å². The molecule has 2 aromatic rings.